The number of piperidine rings is 3. The molecule has 5 heterocycles. The van der Waals surface area contributed by atoms with Crippen molar-refractivity contribution in [3.63, 3.8) is 0 Å². The summed E-state index contributed by atoms with van der Waals surface area (Å²) in [5, 5.41) is 22.9. The fourth-order valence-electron chi connectivity index (χ4n) is 8.23. The van der Waals surface area contributed by atoms with Gasteiger partial charge in [-0.05, 0) is 85.8 Å². The maximum absolute atomic E-state index is 15.3. The highest BCUT2D eigenvalue weighted by Gasteiger charge is 2.48. The average molecular weight is 808 g/mol. The second kappa shape index (κ2) is 16.5. The number of carboxylic acids is 1. The number of carbonyl (C=O) groups excluding carboxylic acids is 3. The maximum Gasteiger partial charge on any atom is 0.415 e. The summed E-state index contributed by atoms with van der Waals surface area (Å²) in [5.74, 6) is -3.11. The molecule has 8 rings (SSSR count). The molecule has 12 nitrogen and oxygen atoms in total. The summed E-state index contributed by atoms with van der Waals surface area (Å²) in [6.07, 6.45) is 3.46. The Hall–Kier alpha value is -5.11. The first kappa shape index (κ1) is 39.1. The maximum atomic E-state index is 15.3. The van der Waals surface area contributed by atoms with Crippen LogP contribution in [0.1, 0.15) is 45.8 Å². The van der Waals surface area contributed by atoms with Gasteiger partial charge in [0.2, 0.25) is 12.4 Å². The van der Waals surface area contributed by atoms with E-state index in [4.69, 9.17) is 37.4 Å². The number of hydrogen-bond acceptors (Lipinski definition) is 9. The van der Waals surface area contributed by atoms with E-state index in [1.807, 2.05) is 0 Å². The van der Waals surface area contributed by atoms with Crippen LogP contribution in [0.5, 0.6) is 11.5 Å². The lowest BCUT2D eigenvalue weighted by Gasteiger charge is -2.52. The summed E-state index contributed by atoms with van der Waals surface area (Å²) in [7, 11) is 2.97. The van der Waals surface area contributed by atoms with Crippen molar-refractivity contribution >= 4 is 46.9 Å². The molecule has 56 heavy (non-hydrogen) atoms. The molecule has 3 aromatic carbocycles. The van der Waals surface area contributed by atoms with E-state index in [0.29, 0.717) is 34.7 Å². The Kier molecular flexibility index (Phi) is 11.6. The molecule has 4 aliphatic heterocycles. The van der Waals surface area contributed by atoms with Crippen molar-refractivity contribution in [2.24, 2.45) is 11.8 Å². The molecule has 1 N–H and O–H groups in total. The van der Waals surface area contributed by atoms with E-state index >= 15 is 4.39 Å². The van der Waals surface area contributed by atoms with Crippen LogP contribution in [0, 0.1) is 17.7 Å². The van der Waals surface area contributed by atoms with Crippen LogP contribution in [-0.2, 0) is 22.5 Å². The van der Waals surface area contributed by atoms with Gasteiger partial charge in [0.05, 0.1) is 26.5 Å². The number of carbonyl (C=O) groups is 3. The number of rotatable bonds is 12. The Bertz CT molecular complexity index is 2110. The van der Waals surface area contributed by atoms with Crippen molar-refractivity contribution in [3.8, 4) is 11.5 Å². The monoisotopic (exact) mass is 806 g/mol. The molecule has 0 radical (unpaired) electrons. The van der Waals surface area contributed by atoms with Gasteiger partial charge in [0, 0.05) is 52.8 Å². The number of pyridine rings is 1. The molecule has 0 spiro atoms. The topological polar surface area (TPSA) is 136 Å². The van der Waals surface area contributed by atoms with E-state index in [9.17, 15) is 24.7 Å². The Balaban J connectivity index is 1.20. The van der Waals surface area contributed by atoms with E-state index < -0.39 is 41.7 Å². The van der Waals surface area contributed by atoms with E-state index in [0.717, 1.165) is 30.7 Å². The molecule has 4 aromatic rings. The molecule has 4 fully saturated rings. The predicted molar refractivity (Wildman–Crippen MR) is 202 cm³/mol. The van der Waals surface area contributed by atoms with Crippen LogP contribution in [0.4, 0.5) is 14.9 Å². The molecular weight excluding hydrogens is 766 g/mol. The fraction of sp³-hybridized carbons (Fsp3) is 0.366. The van der Waals surface area contributed by atoms with Gasteiger partial charge in [-0.2, -0.15) is 0 Å². The van der Waals surface area contributed by atoms with Crippen LogP contribution in [0.15, 0.2) is 79.1 Å². The molecule has 0 saturated carbocycles. The lowest BCUT2D eigenvalue weighted by Crippen LogP contribution is -2.66. The first-order valence-electron chi connectivity index (χ1n) is 18.3. The number of ether oxygens (including phenoxy) is 3. The summed E-state index contributed by atoms with van der Waals surface area (Å²) in [5.41, 5.74) is 1.83. The molecule has 2 bridgehead atoms. The lowest BCUT2D eigenvalue weighted by molar-refractivity contribution is -0.904. The number of anilines is 1. The van der Waals surface area contributed by atoms with Gasteiger partial charge in [-0.3, -0.25) is 19.8 Å². The highest BCUT2D eigenvalue weighted by atomic mass is 35.5. The number of amides is 2. The molecule has 2 unspecified atom stereocenters. The van der Waals surface area contributed by atoms with Gasteiger partial charge in [-0.15, -0.1) is 0 Å². The summed E-state index contributed by atoms with van der Waals surface area (Å²) in [4.78, 5) is 45.8. The number of halogens is 3. The van der Waals surface area contributed by atoms with Gasteiger partial charge in [0.15, 0.2) is 11.5 Å². The molecule has 294 valence electrons. The molecule has 4 atom stereocenters. The van der Waals surface area contributed by atoms with Gasteiger partial charge in [0.25, 0.3) is 5.91 Å². The quantitative estimate of drug-likeness (QED) is 0.153. The van der Waals surface area contributed by atoms with Crippen LogP contribution < -0.4 is 24.2 Å². The Morgan fingerprint density at radius 3 is 2.32 bits per heavy atom. The zero-order valence-electron chi connectivity index (χ0n) is 30.8. The zero-order valence-corrected chi connectivity index (χ0v) is 32.3. The van der Waals surface area contributed by atoms with Crippen molar-refractivity contribution in [1.29, 1.82) is 0 Å². The van der Waals surface area contributed by atoms with Crippen LogP contribution in [0.2, 0.25) is 10.0 Å². The van der Waals surface area contributed by atoms with Crippen LogP contribution in [0.3, 0.4) is 0 Å². The van der Waals surface area contributed by atoms with Crippen molar-refractivity contribution in [1.82, 2.24) is 9.80 Å². The van der Waals surface area contributed by atoms with Crippen molar-refractivity contribution in [3.05, 3.63) is 117 Å². The van der Waals surface area contributed by atoms with Gasteiger partial charge in [-0.1, -0.05) is 53.5 Å². The second-order valence-electron chi connectivity index (χ2n) is 14.4. The molecule has 2 amide bonds. The van der Waals surface area contributed by atoms with Crippen LogP contribution in [0.25, 0.3) is 0 Å². The number of methoxy groups -OCH3 is 2. The minimum atomic E-state index is -1.33. The Morgan fingerprint density at radius 1 is 0.964 bits per heavy atom. The van der Waals surface area contributed by atoms with Crippen molar-refractivity contribution in [2.45, 2.75) is 43.9 Å². The highest BCUT2D eigenvalue weighted by molar-refractivity contribution is 6.35. The van der Waals surface area contributed by atoms with Gasteiger partial charge in [0.1, 0.15) is 22.0 Å². The first-order chi connectivity index (χ1) is 26.9. The number of aliphatic carboxylic acids is 1. The smallest absolute Gasteiger partial charge is 0.415 e. The molecule has 1 aromatic heterocycles. The third kappa shape index (κ3) is 7.93. The minimum Gasteiger partial charge on any atom is -0.550 e. The normalized spacial score (nSPS) is 21.8. The number of aromatic nitrogens is 1. The van der Waals surface area contributed by atoms with E-state index in [1.54, 1.807) is 48.5 Å². The average Bonchev–Trinajstić information content (AvgIpc) is 3.17. The first-order valence-corrected chi connectivity index (χ1v) is 19.1. The minimum absolute atomic E-state index is 0.0397. The number of likely N-dealkylation sites (tertiary alicyclic amines) is 1. The van der Waals surface area contributed by atoms with Crippen LogP contribution >= 0.6 is 23.2 Å². The number of nitrogens with zero attached hydrogens (tertiary/aromatic N) is 4. The molecule has 4 saturated heterocycles. The number of benzene rings is 3. The number of hydrogen-bond donors (Lipinski definition) is 1. The summed E-state index contributed by atoms with van der Waals surface area (Å²) in [6.45, 7) is 2.32. The van der Waals surface area contributed by atoms with E-state index in [2.05, 4.69) is 4.90 Å². The number of fused-ring (bicyclic) bond motifs is 3. The number of para-hydroxylation sites is 1. The van der Waals surface area contributed by atoms with Gasteiger partial charge in [-0.25, -0.2) is 9.18 Å². The lowest BCUT2D eigenvalue weighted by atomic mass is 9.73. The Morgan fingerprint density at radius 2 is 1.68 bits per heavy atom. The molecule has 0 aliphatic carbocycles. The zero-order chi connectivity index (χ0) is 39.7. The summed E-state index contributed by atoms with van der Waals surface area (Å²) in [6, 6.07) is 16.8. The van der Waals surface area contributed by atoms with Gasteiger partial charge >= 0.3 is 6.09 Å². The second-order valence-corrected chi connectivity index (χ2v) is 15.2. The SMILES string of the molecule is COc1ccc([C@H](Cc2c(Cl)c[n+](O)cc2Cl)C2C(C(=O)[O-])CN2C(=O)c2cccc(CN(C(=O)O[C@H]3CN4CCC3CC4)c3ccccc3F)c2)cc1OC. The summed E-state index contributed by atoms with van der Waals surface area (Å²) < 4.78 is 33.0. The van der Waals surface area contributed by atoms with Gasteiger partial charge < -0.3 is 29.0 Å². The van der Waals surface area contributed by atoms with Crippen molar-refractivity contribution < 1.29 is 48.0 Å². The van der Waals surface area contributed by atoms with Crippen LogP contribution in [-0.4, -0.2) is 85.5 Å². The highest BCUT2D eigenvalue weighted by Crippen LogP contribution is 2.43. The largest absolute Gasteiger partial charge is 0.550 e. The third-order valence-electron chi connectivity index (χ3n) is 11.2. The molecule has 15 heteroatoms. The van der Waals surface area contributed by atoms with E-state index in [1.165, 1.54) is 54.6 Å². The third-order valence-corrected chi connectivity index (χ3v) is 11.8. The standard InChI is InChI=1S/C41H41Cl2FN4O8/c1-54-35-11-10-26(17-36(35)55-2)28(18-29-31(42)21-46(53)22-32(29)43)38-30(40(50)51)20-48(38)39(49)27-7-5-6-24(16-27)19-47(34-9-4-3-8-33(34)44)41(52)56-37-23-45-14-12-25(37)13-15-45/h3-11,16-17,21-22,25,28,30,37-38H,12-15,18-20,23H2,1-2H3,(H-,50,51,53)/t28-,30?,37-,38?/m0/s1. The summed E-state index contributed by atoms with van der Waals surface area (Å²) >= 11 is 13.1. The number of carboxylic acid groups (broad SMARTS) is 1. The van der Waals surface area contributed by atoms with E-state index in [-0.39, 0.29) is 52.8 Å². The fourth-order valence-corrected chi connectivity index (χ4v) is 8.84. The molecule has 4 aliphatic rings. The predicted octanol–water partition coefficient (Wildman–Crippen LogP) is 5.13. The Labute approximate surface area is 333 Å². The van der Waals surface area contributed by atoms with Crippen molar-refractivity contribution in [2.75, 3.05) is 45.3 Å². The molecular formula is C41H41Cl2FN4O8.